The van der Waals surface area contributed by atoms with Gasteiger partial charge in [0.1, 0.15) is 11.6 Å². The molecule has 0 saturated heterocycles. The van der Waals surface area contributed by atoms with Crippen molar-refractivity contribution in [2.45, 2.75) is 6.54 Å². The molecule has 2 aromatic rings. The molecule has 0 aliphatic heterocycles. The minimum Gasteiger partial charge on any atom is -0.465 e. The van der Waals surface area contributed by atoms with Gasteiger partial charge in [-0.15, -0.1) is 0 Å². The second-order valence-electron chi connectivity index (χ2n) is 4.31. The van der Waals surface area contributed by atoms with Crippen molar-refractivity contribution in [1.82, 2.24) is 0 Å². The van der Waals surface area contributed by atoms with Crippen LogP contribution in [0.5, 0.6) is 0 Å². The van der Waals surface area contributed by atoms with Crippen molar-refractivity contribution in [3.05, 3.63) is 64.2 Å². The SMILES string of the molecule is COC(=O)c1cc(Cl)ccc1NCc1cc(F)cc(F)c1. The molecule has 0 aromatic heterocycles. The van der Waals surface area contributed by atoms with Crippen LogP contribution in [0.15, 0.2) is 36.4 Å². The molecule has 0 fully saturated rings. The lowest BCUT2D eigenvalue weighted by Crippen LogP contribution is -2.08. The number of benzene rings is 2. The number of anilines is 1. The quantitative estimate of drug-likeness (QED) is 0.867. The summed E-state index contributed by atoms with van der Waals surface area (Å²) in [6.07, 6.45) is 0. The van der Waals surface area contributed by atoms with Gasteiger partial charge in [0.2, 0.25) is 0 Å². The Morgan fingerprint density at radius 1 is 1.19 bits per heavy atom. The van der Waals surface area contributed by atoms with E-state index in [-0.39, 0.29) is 12.1 Å². The maximum absolute atomic E-state index is 13.1. The Hall–Kier alpha value is -2.14. The molecule has 2 rings (SSSR count). The largest absolute Gasteiger partial charge is 0.465 e. The van der Waals surface area contributed by atoms with Gasteiger partial charge in [-0.3, -0.25) is 0 Å². The third-order valence-corrected chi connectivity index (χ3v) is 3.03. The third kappa shape index (κ3) is 3.92. The average molecular weight is 312 g/mol. The summed E-state index contributed by atoms with van der Waals surface area (Å²) < 4.78 is 30.9. The highest BCUT2D eigenvalue weighted by molar-refractivity contribution is 6.31. The first-order valence-corrected chi connectivity index (χ1v) is 6.44. The predicted molar refractivity (Wildman–Crippen MR) is 76.5 cm³/mol. The van der Waals surface area contributed by atoms with Crippen LogP contribution in [0.2, 0.25) is 5.02 Å². The fraction of sp³-hybridized carbons (Fsp3) is 0.133. The number of halogens is 3. The number of methoxy groups -OCH3 is 1. The first kappa shape index (κ1) is 15.3. The normalized spacial score (nSPS) is 10.3. The predicted octanol–water partition coefficient (Wildman–Crippen LogP) is 4.02. The van der Waals surface area contributed by atoms with E-state index < -0.39 is 17.6 Å². The lowest BCUT2D eigenvalue weighted by molar-refractivity contribution is 0.0602. The second-order valence-corrected chi connectivity index (χ2v) is 4.75. The van der Waals surface area contributed by atoms with Crippen LogP contribution in [-0.2, 0) is 11.3 Å². The van der Waals surface area contributed by atoms with E-state index in [0.717, 1.165) is 6.07 Å². The van der Waals surface area contributed by atoms with E-state index in [0.29, 0.717) is 16.3 Å². The van der Waals surface area contributed by atoms with Crippen molar-refractivity contribution < 1.29 is 18.3 Å². The molecule has 0 unspecified atom stereocenters. The first-order chi connectivity index (χ1) is 9.99. The summed E-state index contributed by atoms with van der Waals surface area (Å²) in [5.74, 6) is -1.86. The van der Waals surface area contributed by atoms with Gasteiger partial charge in [0.05, 0.1) is 12.7 Å². The van der Waals surface area contributed by atoms with Crippen molar-refractivity contribution in [2.75, 3.05) is 12.4 Å². The van der Waals surface area contributed by atoms with E-state index in [2.05, 4.69) is 10.1 Å². The van der Waals surface area contributed by atoms with Gasteiger partial charge in [-0.05, 0) is 35.9 Å². The van der Waals surface area contributed by atoms with Gasteiger partial charge in [-0.2, -0.15) is 0 Å². The summed E-state index contributed by atoms with van der Waals surface area (Å²) in [7, 11) is 1.26. The summed E-state index contributed by atoms with van der Waals surface area (Å²) in [5, 5.41) is 3.32. The minimum atomic E-state index is -0.656. The fourth-order valence-corrected chi connectivity index (χ4v) is 2.03. The molecule has 110 valence electrons. The Morgan fingerprint density at radius 2 is 1.86 bits per heavy atom. The van der Waals surface area contributed by atoms with Gasteiger partial charge in [0.25, 0.3) is 0 Å². The Labute approximate surface area is 125 Å². The number of hydrogen-bond donors (Lipinski definition) is 1. The molecular formula is C15H12ClF2NO2. The van der Waals surface area contributed by atoms with Crippen molar-refractivity contribution in [2.24, 2.45) is 0 Å². The van der Waals surface area contributed by atoms with Crippen LogP contribution in [0.3, 0.4) is 0 Å². The Balaban J connectivity index is 2.21. The molecule has 0 atom stereocenters. The highest BCUT2D eigenvalue weighted by Crippen LogP contribution is 2.22. The van der Waals surface area contributed by atoms with E-state index in [1.54, 1.807) is 12.1 Å². The molecular weight excluding hydrogens is 300 g/mol. The van der Waals surface area contributed by atoms with Crippen molar-refractivity contribution in [3.8, 4) is 0 Å². The molecule has 0 spiro atoms. The van der Waals surface area contributed by atoms with Gasteiger partial charge in [-0.25, -0.2) is 13.6 Å². The zero-order valence-corrected chi connectivity index (χ0v) is 11.9. The van der Waals surface area contributed by atoms with Crippen LogP contribution in [0.1, 0.15) is 15.9 Å². The summed E-state index contributed by atoms with van der Waals surface area (Å²) in [6, 6.07) is 7.88. The van der Waals surface area contributed by atoms with E-state index in [1.807, 2.05) is 0 Å². The monoisotopic (exact) mass is 311 g/mol. The van der Waals surface area contributed by atoms with E-state index in [4.69, 9.17) is 11.6 Å². The number of ether oxygens (including phenoxy) is 1. The van der Waals surface area contributed by atoms with Crippen molar-refractivity contribution in [3.63, 3.8) is 0 Å². The van der Waals surface area contributed by atoms with Gasteiger partial charge in [0.15, 0.2) is 0 Å². The molecule has 0 amide bonds. The minimum absolute atomic E-state index is 0.153. The maximum atomic E-state index is 13.1. The van der Waals surface area contributed by atoms with Crippen LogP contribution >= 0.6 is 11.6 Å². The summed E-state index contributed by atoms with van der Waals surface area (Å²) in [4.78, 5) is 11.7. The van der Waals surface area contributed by atoms with Crippen LogP contribution < -0.4 is 5.32 Å². The molecule has 0 radical (unpaired) electrons. The number of hydrogen-bond acceptors (Lipinski definition) is 3. The molecule has 0 saturated carbocycles. The number of carbonyl (C=O) groups excluding carboxylic acids is 1. The molecule has 21 heavy (non-hydrogen) atoms. The number of rotatable bonds is 4. The van der Waals surface area contributed by atoms with Crippen LogP contribution in [-0.4, -0.2) is 13.1 Å². The second kappa shape index (κ2) is 6.54. The first-order valence-electron chi connectivity index (χ1n) is 6.06. The van der Waals surface area contributed by atoms with E-state index in [1.165, 1.54) is 25.3 Å². The zero-order chi connectivity index (χ0) is 15.4. The van der Waals surface area contributed by atoms with Gasteiger partial charge < -0.3 is 10.1 Å². The van der Waals surface area contributed by atoms with Crippen molar-refractivity contribution in [1.29, 1.82) is 0 Å². The molecule has 6 heteroatoms. The molecule has 2 aromatic carbocycles. The zero-order valence-electron chi connectivity index (χ0n) is 11.1. The smallest absolute Gasteiger partial charge is 0.340 e. The molecule has 0 bridgehead atoms. The fourth-order valence-electron chi connectivity index (χ4n) is 1.86. The molecule has 0 aliphatic rings. The Bertz CT molecular complexity index is 656. The molecule has 3 nitrogen and oxygen atoms in total. The third-order valence-electron chi connectivity index (χ3n) is 2.79. The Kier molecular flexibility index (Phi) is 4.75. The highest BCUT2D eigenvalue weighted by Gasteiger charge is 2.12. The molecule has 0 aliphatic carbocycles. The lowest BCUT2D eigenvalue weighted by atomic mass is 10.1. The van der Waals surface area contributed by atoms with Crippen LogP contribution in [0.4, 0.5) is 14.5 Å². The summed E-state index contributed by atoms with van der Waals surface area (Å²) >= 11 is 5.84. The number of esters is 1. The topological polar surface area (TPSA) is 38.3 Å². The lowest BCUT2D eigenvalue weighted by Gasteiger charge is -2.11. The van der Waals surface area contributed by atoms with Gasteiger partial charge in [-0.1, -0.05) is 11.6 Å². The van der Waals surface area contributed by atoms with Crippen LogP contribution in [0, 0.1) is 11.6 Å². The standard InChI is InChI=1S/C15H12ClF2NO2/c1-21-15(20)13-6-10(16)2-3-14(13)19-8-9-4-11(17)7-12(18)5-9/h2-7,19H,8H2,1H3. The van der Waals surface area contributed by atoms with E-state index >= 15 is 0 Å². The number of nitrogens with one attached hydrogen (secondary N) is 1. The summed E-state index contributed by atoms with van der Waals surface area (Å²) in [6.45, 7) is 0.153. The van der Waals surface area contributed by atoms with Gasteiger partial charge in [0, 0.05) is 23.3 Å². The van der Waals surface area contributed by atoms with Gasteiger partial charge >= 0.3 is 5.97 Å². The molecule has 0 heterocycles. The molecule has 1 N–H and O–H groups in total. The van der Waals surface area contributed by atoms with Crippen molar-refractivity contribution >= 4 is 23.3 Å². The average Bonchev–Trinajstić information content (AvgIpc) is 2.44. The van der Waals surface area contributed by atoms with E-state index in [9.17, 15) is 13.6 Å². The number of carbonyl (C=O) groups is 1. The highest BCUT2D eigenvalue weighted by atomic mass is 35.5. The maximum Gasteiger partial charge on any atom is 0.340 e. The summed E-state index contributed by atoms with van der Waals surface area (Å²) in [5.41, 5.74) is 1.14. The van der Waals surface area contributed by atoms with Crippen LogP contribution in [0.25, 0.3) is 0 Å². The Morgan fingerprint density at radius 3 is 2.48 bits per heavy atom.